The van der Waals surface area contributed by atoms with E-state index in [-0.39, 0.29) is 37.5 Å². The summed E-state index contributed by atoms with van der Waals surface area (Å²) in [6.45, 7) is 3.71. The largest absolute Gasteiger partial charge is 0.471 e. The fourth-order valence-electron chi connectivity index (χ4n) is 5.68. The minimum Gasteiger partial charge on any atom is -0.356 e. The van der Waals surface area contributed by atoms with E-state index >= 15 is 0 Å². The highest BCUT2D eigenvalue weighted by Gasteiger charge is 2.61. The van der Waals surface area contributed by atoms with Crippen molar-refractivity contribution in [3.8, 4) is 6.07 Å². The Labute approximate surface area is 216 Å². The second-order valence-corrected chi connectivity index (χ2v) is 10.7. The van der Waals surface area contributed by atoms with Crippen molar-refractivity contribution < 1.29 is 41.1 Å². The van der Waals surface area contributed by atoms with Gasteiger partial charge >= 0.3 is 12.1 Å². The van der Waals surface area contributed by atoms with Crippen LogP contribution in [0.2, 0.25) is 0 Å². The van der Waals surface area contributed by atoms with Crippen LogP contribution in [0, 0.1) is 29.1 Å². The number of nitrogens with zero attached hydrogens (tertiary/aromatic N) is 2. The summed E-state index contributed by atoms with van der Waals surface area (Å²) in [5.41, 5.74) is 0. The second kappa shape index (κ2) is 11.4. The van der Waals surface area contributed by atoms with Crippen LogP contribution >= 0.6 is 0 Å². The normalized spacial score (nSPS) is 28.2. The van der Waals surface area contributed by atoms with Crippen LogP contribution in [-0.2, 0) is 19.2 Å². The lowest BCUT2D eigenvalue weighted by Crippen LogP contribution is -2.71. The molecule has 0 aromatic rings. The van der Waals surface area contributed by atoms with Crippen molar-refractivity contribution >= 4 is 23.6 Å². The van der Waals surface area contributed by atoms with Gasteiger partial charge in [0.25, 0.3) is 5.92 Å². The maximum absolute atomic E-state index is 14.9. The molecule has 4 fully saturated rings. The van der Waals surface area contributed by atoms with Crippen molar-refractivity contribution in [3.63, 3.8) is 0 Å². The Bertz CT molecular complexity index is 982. The number of fused-ring (bicyclic) bond motifs is 3. The molecule has 2 bridgehead atoms. The number of piperidine rings is 3. The van der Waals surface area contributed by atoms with E-state index in [2.05, 4.69) is 10.6 Å². The first-order valence-electron chi connectivity index (χ1n) is 12.7. The molecule has 0 spiro atoms. The van der Waals surface area contributed by atoms with Gasteiger partial charge in [-0.05, 0) is 44.4 Å². The molecule has 3 heterocycles. The van der Waals surface area contributed by atoms with Gasteiger partial charge < -0.3 is 20.9 Å². The molecule has 3 N–H and O–H groups in total. The summed E-state index contributed by atoms with van der Waals surface area (Å²) in [5.74, 6) is -10.6. The topological polar surface area (TPSA) is 131 Å². The summed E-state index contributed by atoms with van der Waals surface area (Å²) in [5, 5.41) is 16.3. The quantitative estimate of drug-likeness (QED) is 0.399. The molecule has 9 nitrogen and oxygen atoms in total. The minimum atomic E-state index is -5.27. The van der Waals surface area contributed by atoms with Crippen molar-refractivity contribution in [1.82, 2.24) is 20.9 Å². The SMILES string of the molecule is CC(C)C[C@H](NC(=O)C(F)(F)F)C(=O)N1[C@@H]2CC[C@H]([C@H]1C(=O)N[C@H](C#N)C[C@@H]1CCCNC1=O)C(F)(F)C2. The fourth-order valence-corrected chi connectivity index (χ4v) is 5.68. The zero-order valence-corrected chi connectivity index (χ0v) is 21.1. The van der Waals surface area contributed by atoms with E-state index in [1.807, 2.05) is 6.07 Å². The summed E-state index contributed by atoms with van der Waals surface area (Å²) < 4.78 is 68.7. The average Bonchev–Trinajstić information content (AvgIpc) is 2.82. The number of nitriles is 1. The molecule has 3 saturated heterocycles. The van der Waals surface area contributed by atoms with E-state index in [1.54, 1.807) is 19.2 Å². The van der Waals surface area contributed by atoms with Gasteiger partial charge in [0.05, 0.1) is 12.0 Å². The molecule has 212 valence electrons. The molecule has 4 amide bonds. The number of alkyl halides is 5. The molecular formula is C24H32F5N5O4. The zero-order valence-electron chi connectivity index (χ0n) is 21.1. The highest BCUT2D eigenvalue weighted by atomic mass is 19.4. The Hall–Kier alpha value is -2.98. The molecular weight excluding hydrogens is 517 g/mol. The van der Waals surface area contributed by atoms with Crippen LogP contribution in [0.5, 0.6) is 0 Å². The van der Waals surface area contributed by atoms with Crippen LogP contribution in [0.15, 0.2) is 0 Å². The van der Waals surface area contributed by atoms with Crippen molar-refractivity contribution in [3.05, 3.63) is 0 Å². The number of hydrogen-bond acceptors (Lipinski definition) is 5. The van der Waals surface area contributed by atoms with Crippen molar-refractivity contribution in [2.75, 3.05) is 6.54 Å². The van der Waals surface area contributed by atoms with Crippen molar-refractivity contribution in [2.24, 2.45) is 17.8 Å². The van der Waals surface area contributed by atoms with Gasteiger partial charge in [-0.3, -0.25) is 19.2 Å². The average molecular weight is 550 g/mol. The van der Waals surface area contributed by atoms with Crippen LogP contribution < -0.4 is 16.0 Å². The van der Waals surface area contributed by atoms with Gasteiger partial charge in [0.1, 0.15) is 18.1 Å². The van der Waals surface area contributed by atoms with Crippen molar-refractivity contribution in [2.45, 2.75) is 95.1 Å². The highest BCUT2D eigenvalue weighted by Crippen LogP contribution is 2.49. The molecule has 38 heavy (non-hydrogen) atoms. The van der Waals surface area contributed by atoms with E-state index in [9.17, 15) is 46.4 Å². The third-order valence-corrected chi connectivity index (χ3v) is 7.42. The number of rotatable bonds is 8. The third-order valence-electron chi connectivity index (χ3n) is 7.42. The van der Waals surface area contributed by atoms with Crippen LogP contribution in [-0.4, -0.2) is 71.3 Å². The molecule has 0 aromatic heterocycles. The van der Waals surface area contributed by atoms with E-state index in [4.69, 9.17) is 0 Å². The number of amides is 4. The van der Waals surface area contributed by atoms with Gasteiger partial charge in [0.2, 0.25) is 17.7 Å². The van der Waals surface area contributed by atoms with Gasteiger partial charge in [-0.15, -0.1) is 0 Å². The lowest BCUT2D eigenvalue weighted by atomic mass is 9.71. The molecule has 14 heteroatoms. The van der Waals surface area contributed by atoms with Crippen LogP contribution in [0.1, 0.15) is 58.8 Å². The predicted molar refractivity (Wildman–Crippen MR) is 122 cm³/mol. The highest BCUT2D eigenvalue weighted by molar-refractivity contribution is 5.94. The van der Waals surface area contributed by atoms with Crippen molar-refractivity contribution in [1.29, 1.82) is 5.26 Å². The van der Waals surface area contributed by atoms with E-state index < -0.39 is 72.2 Å². The van der Waals surface area contributed by atoms with E-state index in [0.717, 1.165) is 4.90 Å². The minimum absolute atomic E-state index is 0.0587. The summed E-state index contributed by atoms with van der Waals surface area (Å²) in [6, 6.07) is -3.93. The lowest BCUT2D eigenvalue weighted by Gasteiger charge is -2.54. The lowest BCUT2D eigenvalue weighted by molar-refractivity contribution is -0.196. The number of halogens is 5. The predicted octanol–water partition coefficient (Wildman–Crippen LogP) is 2.02. The number of hydrogen-bond donors (Lipinski definition) is 3. The molecule has 0 aromatic carbocycles. The Morgan fingerprint density at radius 2 is 1.87 bits per heavy atom. The standard InChI is InChI=1S/C24H32F5N5O4/c1-12(2)8-17(33-22(38)24(27,28)29)21(37)34-15-5-6-16(23(25,26)10-15)18(34)20(36)32-14(11-30)9-13-4-3-7-31-19(13)35/h12-18H,3-10H2,1-2H3,(H,31,35)(H,32,36)(H,33,38)/t13-,14-,15+,16+,17-,18-/m0/s1. The summed E-state index contributed by atoms with van der Waals surface area (Å²) in [7, 11) is 0. The van der Waals surface area contributed by atoms with Gasteiger partial charge in [-0.1, -0.05) is 13.8 Å². The Morgan fingerprint density at radius 1 is 1.18 bits per heavy atom. The first kappa shape index (κ1) is 29.6. The Morgan fingerprint density at radius 3 is 2.42 bits per heavy atom. The van der Waals surface area contributed by atoms with Crippen LogP contribution in [0.3, 0.4) is 0 Å². The fraction of sp³-hybridized carbons (Fsp3) is 0.792. The smallest absolute Gasteiger partial charge is 0.356 e. The molecule has 4 aliphatic rings. The molecule has 6 atom stereocenters. The molecule has 4 rings (SSSR count). The maximum Gasteiger partial charge on any atom is 0.471 e. The monoisotopic (exact) mass is 549 g/mol. The first-order chi connectivity index (χ1) is 17.7. The van der Waals surface area contributed by atoms with Gasteiger partial charge in [0.15, 0.2) is 0 Å². The van der Waals surface area contributed by atoms with E-state index in [1.165, 1.54) is 0 Å². The Kier molecular flexibility index (Phi) is 8.88. The number of carbonyl (C=O) groups excluding carboxylic acids is 4. The summed E-state index contributed by atoms with van der Waals surface area (Å²) in [4.78, 5) is 51.5. The molecule has 3 aliphatic heterocycles. The number of carbonyl (C=O) groups is 4. The van der Waals surface area contributed by atoms with E-state index in [0.29, 0.717) is 19.4 Å². The number of nitrogens with one attached hydrogen (secondary N) is 3. The second-order valence-electron chi connectivity index (χ2n) is 10.7. The summed E-state index contributed by atoms with van der Waals surface area (Å²) >= 11 is 0. The summed E-state index contributed by atoms with van der Waals surface area (Å²) in [6.07, 6.45) is -5.15. The third kappa shape index (κ3) is 6.53. The van der Waals surface area contributed by atoms with Gasteiger partial charge in [0, 0.05) is 24.9 Å². The Balaban J connectivity index is 1.87. The molecule has 0 radical (unpaired) electrons. The molecule has 1 aliphatic carbocycles. The van der Waals surface area contributed by atoms with Gasteiger partial charge in [-0.2, -0.15) is 18.4 Å². The maximum atomic E-state index is 14.9. The van der Waals surface area contributed by atoms with Crippen LogP contribution in [0.4, 0.5) is 22.0 Å². The van der Waals surface area contributed by atoms with Gasteiger partial charge in [-0.25, -0.2) is 8.78 Å². The van der Waals surface area contributed by atoms with Crippen LogP contribution in [0.25, 0.3) is 0 Å². The molecule has 1 saturated carbocycles. The zero-order chi connectivity index (χ0) is 28.4. The molecule has 0 unspecified atom stereocenters. The first-order valence-corrected chi connectivity index (χ1v) is 12.7.